The summed E-state index contributed by atoms with van der Waals surface area (Å²) >= 11 is 5.24. The molecule has 0 aliphatic carbocycles. The standard InChI is InChI=1S/C19H22F4N4OS/c1-26(2)5-3-4-24-15(28)8-13-14-6-10(9-27(14)19(29)25-13)16-17(22)11(20)7-12(21)18(16)23/h7,10H,3-6,8-9H2,1-2H3,(H,24,28)(H,25,29)/t10-/m0/s1. The van der Waals surface area contributed by atoms with Crippen LogP contribution >= 0.6 is 12.2 Å². The Labute approximate surface area is 170 Å². The van der Waals surface area contributed by atoms with E-state index in [4.69, 9.17) is 12.2 Å². The predicted molar refractivity (Wildman–Crippen MR) is 102 cm³/mol. The van der Waals surface area contributed by atoms with Crippen LogP contribution in [0.25, 0.3) is 0 Å². The molecule has 1 aromatic carbocycles. The van der Waals surface area contributed by atoms with E-state index in [9.17, 15) is 22.4 Å². The number of halogens is 4. The summed E-state index contributed by atoms with van der Waals surface area (Å²) < 4.78 is 57.4. The van der Waals surface area contributed by atoms with Crippen LogP contribution in [0.15, 0.2) is 6.07 Å². The molecule has 158 valence electrons. The largest absolute Gasteiger partial charge is 0.356 e. The van der Waals surface area contributed by atoms with E-state index in [1.54, 1.807) is 4.57 Å². The van der Waals surface area contributed by atoms with Crippen molar-refractivity contribution in [3.8, 4) is 0 Å². The Balaban J connectivity index is 1.74. The van der Waals surface area contributed by atoms with Crippen molar-refractivity contribution in [2.75, 3.05) is 27.2 Å². The van der Waals surface area contributed by atoms with Gasteiger partial charge in [-0.3, -0.25) is 4.79 Å². The van der Waals surface area contributed by atoms with Gasteiger partial charge in [-0.05, 0) is 45.7 Å². The number of aromatic amines is 1. The van der Waals surface area contributed by atoms with Gasteiger partial charge in [0.2, 0.25) is 5.91 Å². The van der Waals surface area contributed by atoms with Crippen molar-refractivity contribution < 1.29 is 22.4 Å². The van der Waals surface area contributed by atoms with Crippen molar-refractivity contribution in [1.82, 2.24) is 19.8 Å². The molecule has 0 saturated carbocycles. The van der Waals surface area contributed by atoms with E-state index in [1.807, 2.05) is 19.0 Å². The monoisotopic (exact) mass is 430 g/mol. The summed E-state index contributed by atoms with van der Waals surface area (Å²) in [6.07, 6.45) is 0.949. The third-order valence-electron chi connectivity index (χ3n) is 5.02. The van der Waals surface area contributed by atoms with Gasteiger partial charge in [0.05, 0.1) is 6.42 Å². The molecule has 29 heavy (non-hydrogen) atoms. The Morgan fingerprint density at radius 3 is 2.55 bits per heavy atom. The molecule has 0 fully saturated rings. The van der Waals surface area contributed by atoms with Crippen LogP contribution in [0.5, 0.6) is 0 Å². The van der Waals surface area contributed by atoms with Crippen LogP contribution in [0.1, 0.15) is 29.3 Å². The van der Waals surface area contributed by atoms with Gasteiger partial charge in [0, 0.05) is 42.0 Å². The van der Waals surface area contributed by atoms with E-state index in [-0.39, 0.29) is 31.4 Å². The number of carbonyl (C=O) groups excluding carboxylic acids is 1. The molecule has 2 N–H and O–H groups in total. The minimum absolute atomic E-state index is 0.0309. The normalized spacial score (nSPS) is 15.8. The molecule has 0 unspecified atom stereocenters. The van der Waals surface area contributed by atoms with Crippen LogP contribution in [-0.4, -0.2) is 47.5 Å². The van der Waals surface area contributed by atoms with Gasteiger partial charge in [0.15, 0.2) is 28.0 Å². The molecule has 1 aliphatic rings. The van der Waals surface area contributed by atoms with Gasteiger partial charge in [0.25, 0.3) is 0 Å². The fourth-order valence-corrected chi connectivity index (χ4v) is 3.94. The Hall–Kier alpha value is -2.20. The third-order valence-corrected chi connectivity index (χ3v) is 5.34. The Bertz CT molecular complexity index is 959. The van der Waals surface area contributed by atoms with Crippen LogP contribution in [0.3, 0.4) is 0 Å². The lowest BCUT2D eigenvalue weighted by molar-refractivity contribution is -0.120. The molecule has 3 rings (SSSR count). The molecular weight excluding hydrogens is 408 g/mol. The van der Waals surface area contributed by atoms with E-state index in [0.717, 1.165) is 13.0 Å². The van der Waals surface area contributed by atoms with E-state index in [2.05, 4.69) is 10.3 Å². The first kappa shape index (κ1) is 21.5. The first-order chi connectivity index (χ1) is 13.7. The van der Waals surface area contributed by atoms with Crippen molar-refractivity contribution in [2.45, 2.75) is 31.7 Å². The molecule has 0 radical (unpaired) electrons. The quantitative estimate of drug-likeness (QED) is 0.307. The number of rotatable bonds is 7. The number of hydrogen-bond acceptors (Lipinski definition) is 3. The van der Waals surface area contributed by atoms with E-state index < -0.39 is 34.8 Å². The fourth-order valence-electron chi connectivity index (χ4n) is 3.63. The van der Waals surface area contributed by atoms with Crippen molar-refractivity contribution in [3.05, 3.63) is 51.1 Å². The molecule has 1 aliphatic heterocycles. The van der Waals surface area contributed by atoms with Crippen molar-refractivity contribution in [1.29, 1.82) is 0 Å². The van der Waals surface area contributed by atoms with Gasteiger partial charge in [-0.2, -0.15) is 0 Å². The van der Waals surface area contributed by atoms with Gasteiger partial charge < -0.3 is 19.8 Å². The summed E-state index contributed by atoms with van der Waals surface area (Å²) in [6, 6.07) is 0.196. The maximum atomic E-state index is 14.2. The lowest BCUT2D eigenvalue weighted by Gasteiger charge is -2.13. The number of aromatic nitrogens is 2. The summed E-state index contributed by atoms with van der Waals surface area (Å²) in [5.41, 5.74) is 0.534. The Kier molecular flexibility index (Phi) is 6.42. The van der Waals surface area contributed by atoms with Crippen LogP contribution in [0.4, 0.5) is 17.6 Å². The number of H-pyrrole nitrogens is 1. The molecular formula is C19H22F4N4OS. The minimum atomic E-state index is -1.43. The van der Waals surface area contributed by atoms with Gasteiger partial charge in [-0.1, -0.05) is 0 Å². The number of imidazole rings is 1. The third kappa shape index (κ3) is 4.53. The highest BCUT2D eigenvalue weighted by Crippen LogP contribution is 2.36. The summed E-state index contributed by atoms with van der Waals surface area (Å²) in [5, 5.41) is 2.81. The minimum Gasteiger partial charge on any atom is -0.356 e. The van der Waals surface area contributed by atoms with Crippen LogP contribution in [-0.2, 0) is 24.2 Å². The van der Waals surface area contributed by atoms with Crippen LogP contribution in [0.2, 0.25) is 0 Å². The number of carbonyl (C=O) groups is 1. The number of hydrogen-bond donors (Lipinski definition) is 2. The summed E-state index contributed by atoms with van der Waals surface area (Å²) in [4.78, 5) is 17.2. The molecule has 10 heteroatoms. The number of amides is 1. The number of benzene rings is 1. The summed E-state index contributed by atoms with van der Waals surface area (Å²) in [5.74, 6) is -6.67. The molecule has 0 bridgehead atoms. The molecule has 0 spiro atoms. The predicted octanol–water partition coefficient (Wildman–Crippen LogP) is 3.05. The lowest BCUT2D eigenvalue weighted by Crippen LogP contribution is -2.28. The first-order valence-electron chi connectivity index (χ1n) is 9.24. The first-order valence-corrected chi connectivity index (χ1v) is 9.64. The number of nitrogens with zero attached hydrogens (tertiary/aromatic N) is 2. The maximum absolute atomic E-state index is 14.2. The van der Waals surface area contributed by atoms with Gasteiger partial charge in [-0.25, -0.2) is 17.6 Å². The van der Waals surface area contributed by atoms with E-state index in [1.165, 1.54) is 0 Å². The van der Waals surface area contributed by atoms with Gasteiger partial charge in [-0.15, -0.1) is 0 Å². The second-order valence-electron chi connectivity index (χ2n) is 7.43. The SMILES string of the molecule is CN(C)CCCNC(=O)Cc1[nH]c(=S)n2c1C[C@H](c1c(F)c(F)cc(F)c1F)C2. The van der Waals surface area contributed by atoms with E-state index >= 15 is 0 Å². The zero-order chi connectivity index (χ0) is 21.3. The summed E-state index contributed by atoms with van der Waals surface area (Å²) in [7, 11) is 3.89. The highest BCUT2D eigenvalue weighted by atomic mass is 32.1. The maximum Gasteiger partial charge on any atom is 0.226 e. The van der Waals surface area contributed by atoms with Crippen LogP contribution < -0.4 is 5.32 Å². The summed E-state index contributed by atoms with van der Waals surface area (Å²) in [6.45, 7) is 1.44. The molecule has 5 nitrogen and oxygen atoms in total. The number of fused-ring (bicyclic) bond motifs is 1. The topological polar surface area (TPSA) is 53.1 Å². The highest BCUT2D eigenvalue weighted by molar-refractivity contribution is 7.71. The molecule has 1 atom stereocenters. The Morgan fingerprint density at radius 2 is 1.93 bits per heavy atom. The fraction of sp³-hybridized carbons (Fsp3) is 0.474. The molecule has 1 amide bonds. The zero-order valence-electron chi connectivity index (χ0n) is 16.1. The zero-order valence-corrected chi connectivity index (χ0v) is 16.9. The number of nitrogens with one attached hydrogen (secondary N) is 2. The lowest BCUT2D eigenvalue weighted by atomic mass is 9.94. The highest BCUT2D eigenvalue weighted by Gasteiger charge is 2.33. The molecule has 0 saturated heterocycles. The van der Waals surface area contributed by atoms with Gasteiger partial charge >= 0.3 is 0 Å². The smallest absolute Gasteiger partial charge is 0.226 e. The average molecular weight is 430 g/mol. The molecule has 2 aromatic rings. The van der Waals surface area contributed by atoms with E-state index in [0.29, 0.717) is 22.7 Å². The molecule has 2 heterocycles. The van der Waals surface area contributed by atoms with Crippen molar-refractivity contribution in [3.63, 3.8) is 0 Å². The van der Waals surface area contributed by atoms with Gasteiger partial charge in [0.1, 0.15) is 0 Å². The average Bonchev–Trinajstić information content (AvgIpc) is 3.19. The van der Waals surface area contributed by atoms with Crippen molar-refractivity contribution in [2.24, 2.45) is 0 Å². The molecule has 1 aromatic heterocycles. The Morgan fingerprint density at radius 1 is 1.28 bits per heavy atom. The second-order valence-corrected chi connectivity index (χ2v) is 7.82. The van der Waals surface area contributed by atoms with Crippen LogP contribution in [0, 0.1) is 28.0 Å². The van der Waals surface area contributed by atoms with Crippen molar-refractivity contribution >= 4 is 18.1 Å². The second kappa shape index (κ2) is 8.66.